The van der Waals surface area contributed by atoms with Crippen molar-refractivity contribution in [1.29, 1.82) is 0 Å². The van der Waals surface area contributed by atoms with Crippen LogP contribution >= 0.6 is 0 Å². The second-order valence-corrected chi connectivity index (χ2v) is 11.5. The largest absolute Gasteiger partial charge is 0.379 e. The van der Waals surface area contributed by atoms with E-state index < -0.39 is 42.8 Å². The van der Waals surface area contributed by atoms with E-state index in [2.05, 4.69) is 27.7 Å². The molecular formula is C30H56O10. The molecule has 9 atom stereocenters. The molecule has 10 heteroatoms. The van der Waals surface area contributed by atoms with E-state index in [1.165, 1.54) is 0 Å². The maximum Gasteiger partial charge on any atom is 0.187 e. The van der Waals surface area contributed by atoms with Gasteiger partial charge in [-0.3, -0.25) is 0 Å². The van der Waals surface area contributed by atoms with Gasteiger partial charge in [0.25, 0.3) is 0 Å². The van der Waals surface area contributed by atoms with Gasteiger partial charge in [-0.2, -0.15) is 0 Å². The van der Waals surface area contributed by atoms with Crippen molar-refractivity contribution in [2.45, 2.75) is 154 Å². The third-order valence-electron chi connectivity index (χ3n) is 7.49. The van der Waals surface area contributed by atoms with Crippen molar-refractivity contribution >= 4 is 0 Å². The van der Waals surface area contributed by atoms with Crippen LogP contribution in [0.4, 0.5) is 0 Å². The van der Waals surface area contributed by atoms with Crippen molar-refractivity contribution in [2.24, 2.45) is 0 Å². The molecule has 0 aromatic heterocycles. The molecule has 0 bridgehead atoms. The van der Waals surface area contributed by atoms with Crippen LogP contribution in [-0.4, -0.2) is 106 Å². The maximum absolute atomic E-state index is 10.4. The number of hydrogen-bond acceptors (Lipinski definition) is 10. The van der Waals surface area contributed by atoms with Gasteiger partial charge in [0.15, 0.2) is 18.4 Å². The van der Waals surface area contributed by atoms with Gasteiger partial charge in [0.05, 0.1) is 13.2 Å². The fourth-order valence-corrected chi connectivity index (χ4v) is 5.23. The smallest absolute Gasteiger partial charge is 0.187 e. The van der Waals surface area contributed by atoms with E-state index in [0.29, 0.717) is 33.0 Å². The first-order valence-electron chi connectivity index (χ1n) is 15.7. The molecule has 3 aliphatic heterocycles. The summed E-state index contributed by atoms with van der Waals surface area (Å²) in [6, 6.07) is 0. The summed E-state index contributed by atoms with van der Waals surface area (Å²) in [7, 11) is 0. The van der Waals surface area contributed by atoms with Gasteiger partial charge in [-0.1, -0.05) is 53.4 Å². The Hall–Kier alpha value is -0.400. The van der Waals surface area contributed by atoms with E-state index in [1.54, 1.807) is 0 Å². The van der Waals surface area contributed by atoms with Gasteiger partial charge >= 0.3 is 0 Å². The molecule has 3 fully saturated rings. The normalized spacial score (nSPS) is 35.3. The summed E-state index contributed by atoms with van der Waals surface area (Å²) in [5, 5.41) is 10.4. The van der Waals surface area contributed by atoms with E-state index >= 15 is 0 Å². The zero-order chi connectivity index (χ0) is 29.0. The third kappa shape index (κ3) is 9.82. The van der Waals surface area contributed by atoms with Crippen molar-refractivity contribution < 1.29 is 47.7 Å². The highest BCUT2D eigenvalue weighted by Gasteiger charge is 2.56. The minimum absolute atomic E-state index is 0.141. The fourth-order valence-electron chi connectivity index (χ4n) is 5.23. The van der Waals surface area contributed by atoms with E-state index in [0.717, 1.165) is 51.4 Å². The van der Waals surface area contributed by atoms with Crippen LogP contribution in [0.5, 0.6) is 0 Å². The summed E-state index contributed by atoms with van der Waals surface area (Å²) < 4.78 is 56.0. The molecule has 0 aromatic carbocycles. The first-order valence-corrected chi connectivity index (χ1v) is 15.7. The summed E-state index contributed by atoms with van der Waals surface area (Å²) in [6.07, 6.45) is 2.97. The lowest BCUT2D eigenvalue weighted by atomic mass is 9.98. The van der Waals surface area contributed by atoms with Crippen LogP contribution in [0.2, 0.25) is 0 Å². The van der Waals surface area contributed by atoms with Crippen molar-refractivity contribution in [3.05, 3.63) is 0 Å². The SMILES string of the molecule is CCCCOCC1OC(OCC2OC(O)C3OC(C)(C)OC23)C(OCCCC)C(OCCCC)C1OCCCC. The molecule has 0 spiro atoms. The highest BCUT2D eigenvalue weighted by molar-refractivity contribution is 4.96. The Morgan fingerprint density at radius 2 is 1.15 bits per heavy atom. The molecule has 0 radical (unpaired) electrons. The van der Waals surface area contributed by atoms with Gasteiger partial charge in [0, 0.05) is 26.4 Å². The predicted molar refractivity (Wildman–Crippen MR) is 149 cm³/mol. The second-order valence-electron chi connectivity index (χ2n) is 11.5. The van der Waals surface area contributed by atoms with E-state index in [-0.39, 0.29) is 24.9 Å². The number of hydrogen-bond donors (Lipinski definition) is 1. The summed E-state index contributed by atoms with van der Waals surface area (Å²) in [5.41, 5.74) is 0. The molecule has 10 nitrogen and oxygen atoms in total. The standard InChI is InChI=1S/C30H56O10/c1-7-11-15-32-19-21-23(33-16-12-8-2)25(34-17-13-9-3)27(35-18-14-10-4)29(38-21)36-20-22-24-26(28(31)37-22)40-30(5,6)39-24/h21-29,31H,7-20H2,1-6H3. The second kappa shape index (κ2) is 17.7. The highest BCUT2D eigenvalue weighted by Crippen LogP contribution is 2.38. The minimum Gasteiger partial charge on any atom is -0.379 e. The molecule has 1 N–H and O–H groups in total. The average Bonchev–Trinajstić information content (AvgIpc) is 3.40. The third-order valence-corrected chi connectivity index (χ3v) is 7.49. The van der Waals surface area contributed by atoms with Crippen LogP contribution < -0.4 is 0 Å². The van der Waals surface area contributed by atoms with Crippen LogP contribution in [0.1, 0.15) is 92.9 Å². The monoisotopic (exact) mass is 576 g/mol. The molecule has 0 amide bonds. The topological polar surface area (TPSA) is 103 Å². The van der Waals surface area contributed by atoms with E-state index in [4.69, 9.17) is 42.6 Å². The zero-order valence-electron chi connectivity index (χ0n) is 25.7. The molecule has 3 saturated heterocycles. The molecule has 0 aromatic rings. The number of aliphatic hydroxyl groups is 1. The number of ether oxygens (including phenoxy) is 9. The fraction of sp³-hybridized carbons (Fsp3) is 1.00. The van der Waals surface area contributed by atoms with Gasteiger partial charge in [-0.15, -0.1) is 0 Å². The van der Waals surface area contributed by atoms with Crippen LogP contribution in [0.15, 0.2) is 0 Å². The Kier molecular flexibility index (Phi) is 15.0. The molecule has 0 aliphatic carbocycles. The maximum atomic E-state index is 10.4. The van der Waals surface area contributed by atoms with Crippen LogP contribution in [-0.2, 0) is 42.6 Å². The highest BCUT2D eigenvalue weighted by atomic mass is 16.8. The van der Waals surface area contributed by atoms with Gasteiger partial charge < -0.3 is 47.7 Å². The van der Waals surface area contributed by atoms with E-state index in [9.17, 15) is 5.11 Å². The van der Waals surface area contributed by atoms with Gasteiger partial charge in [0.1, 0.15) is 42.7 Å². The summed E-state index contributed by atoms with van der Waals surface area (Å²) >= 11 is 0. The number of rotatable bonds is 20. The van der Waals surface area contributed by atoms with Gasteiger partial charge in [-0.25, -0.2) is 0 Å². The number of unbranched alkanes of at least 4 members (excludes halogenated alkanes) is 4. The Balaban J connectivity index is 1.78. The number of fused-ring (bicyclic) bond motifs is 1. The molecule has 3 heterocycles. The molecule has 236 valence electrons. The first-order chi connectivity index (χ1) is 19.3. The summed E-state index contributed by atoms with van der Waals surface area (Å²) in [4.78, 5) is 0. The summed E-state index contributed by atoms with van der Waals surface area (Å²) in [6.45, 7) is 15.2. The average molecular weight is 577 g/mol. The number of aliphatic hydroxyl groups excluding tert-OH is 1. The molecular weight excluding hydrogens is 520 g/mol. The lowest BCUT2D eigenvalue weighted by Crippen LogP contribution is -2.62. The Morgan fingerprint density at radius 3 is 1.77 bits per heavy atom. The van der Waals surface area contributed by atoms with Crippen LogP contribution in [0.3, 0.4) is 0 Å². The van der Waals surface area contributed by atoms with Crippen molar-refractivity contribution in [1.82, 2.24) is 0 Å². The van der Waals surface area contributed by atoms with Crippen molar-refractivity contribution in [3.63, 3.8) is 0 Å². The Bertz CT molecular complexity index is 679. The van der Waals surface area contributed by atoms with Crippen molar-refractivity contribution in [2.75, 3.05) is 39.6 Å². The predicted octanol–water partition coefficient (Wildman–Crippen LogP) is 4.34. The lowest BCUT2D eigenvalue weighted by Gasteiger charge is -2.46. The van der Waals surface area contributed by atoms with Gasteiger partial charge in [0.2, 0.25) is 0 Å². The van der Waals surface area contributed by atoms with Crippen LogP contribution in [0, 0.1) is 0 Å². The first kappa shape index (κ1) is 34.1. The molecule has 9 unspecified atom stereocenters. The molecule has 0 saturated carbocycles. The Morgan fingerprint density at radius 1 is 0.600 bits per heavy atom. The summed E-state index contributed by atoms with van der Waals surface area (Å²) in [5.74, 6) is -0.798. The van der Waals surface area contributed by atoms with Crippen molar-refractivity contribution in [3.8, 4) is 0 Å². The van der Waals surface area contributed by atoms with Crippen LogP contribution in [0.25, 0.3) is 0 Å². The minimum atomic E-state index is -1.08. The quantitative estimate of drug-likeness (QED) is 0.211. The van der Waals surface area contributed by atoms with Gasteiger partial charge in [-0.05, 0) is 39.5 Å². The lowest BCUT2D eigenvalue weighted by molar-refractivity contribution is -0.329. The zero-order valence-corrected chi connectivity index (χ0v) is 25.7. The molecule has 3 rings (SSSR count). The Labute approximate surface area is 241 Å². The van der Waals surface area contributed by atoms with E-state index in [1.807, 2.05) is 13.8 Å². The molecule has 40 heavy (non-hydrogen) atoms. The molecule has 3 aliphatic rings.